The van der Waals surface area contributed by atoms with Gasteiger partial charge in [0.1, 0.15) is 6.10 Å². The van der Waals surface area contributed by atoms with Gasteiger partial charge in [0.2, 0.25) is 10.0 Å². The monoisotopic (exact) mass is 698 g/mol. The van der Waals surface area contributed by atoms with E-state index < -0.39 is 34.4 Å². The van der Waals surface area contributed by atoms with Gasteiger partial charge in [-0.2, -0.15) is 4.31 Å². The van der Waals surface area contributed by atoms with Crippen molar-refractivity contribution in [3.63, 3.8) is 0 Å². The number of aromatic amines is 1. The first-order chi connectivity index (χ1) is 23.2. The van der Waals surface area contributed by atoms with Crippen molar-refractivity contribution in [2.45, 2.75) is 83.3 Å². The van der Waals surface area contributed by atoms with Crippen LogP contribution < -0.4 is 5.32 Å². The molecule has 2 aromatic carbocycles. The standard InChI is InChI=1S/C36H50N4O8S/c1-23(2)20-40(49(44,45)25-11-12-29-27(18-25)28(33(42)38-29)19-37-15-14-36(3,4)5)21-31(41)30(17-24-9-7-6-8-10-24)39-35(43)48-32-22-47-34-26(32)13-16-46-34/h6-12,18-19,23,26,30-32,34,38,41-42H,13-17,20-22H2,1-5H3,(H,39,43)/t26?,30-,31+,32-,34?/m0/s1. The average Bonchev–Trinajstić information content (AvgIpc) is 3.73. The van der Waals surface area contributed by atoms with Crippen LogP contribution in [0.15, 0.2) is 58.4 Å². The molecule has 2 unspecified atom stereocenters. The normalized spacial score (nSPS) is 21.1. The Kier molecular flexibility index (Phi) is 11.7. The first kappa shape index (κ1) is 36.8. The van der Waals surface area contributed by atoms with Gasteiger partial charge in [0.05, 0.1) is 41.7 Å². The number of aliphatic imine (C=N–C) groups is 1. The Labute approximate surface area is 288 Å². The third-order valence-corrected chi connectivity index (χ3v) is 10.7. The number of rotatable bonds is 14. The summed E-state index contributed by atoms with van der Waals surface area (Å²) >= 11 is 0. The second-order valence-electron chi connectivity index (χ2n) is 14.6. The maximum Gasteiger partial charge on any atom is 0.407 e. The van der Waals surface area contributed by atoms with Gasteiger partial charge in [-0.15, -0.1) is 0 Å². The van der Waals surface area contributed by atoms with Gasteiger partial charge in [0.15, 0.2) is 12.2 Å². The molecule has 2 saturated heterocycles. The number of nitrogens with one attached hydrogen (secondary N) is 2. The molecule has 3 heterocycles. The zero-order chi connectivity index (χ0) is 35.3. The number of alkyl carbamates (subject to hydrolysis) is 1. The lowest BCUT2D eigenvalue weighted by atomic mass is 9.92. The maximum absolute atomic E-state index is 14.2. The first-order valence-electron chi connectivity index (χ1n) is 17.0. The summed E-state index contributed by atoms with van der Waals surface area (Å²) in [5, 5.41) is 25.6. The minimum absolute atomic E-state index is 0.0118. The average molecular weight is 699 g/mol. The molecule has 5 atom stereocenters. The number of aliphatic hydroxyl groups is 1. The molecule has 4 N–H and O–H groups in total. The molecule has 0 spiro atoms. The van der Waals surface area contributed by atoms with Crippen LogP contribution in [0.1, 0.15) is 58.6 Å². The second-order valence-corrected chi connectivity index (χ2v) is 16.6. The summed E-state index contributed by atoms with van der Waals surface area (Å²) in [6.45, 7) is 11.3. The first-order valence-corrected chi connectivity index (χ1v) is 18.4. The van der Waals surface area contributed by atoms with Crippen molar-refractivity contribution in [3.8, 4) is 5.88 Å². The molecule has 2 aliphatic rings. The van der Waals surface area contributed by atoms with E-state index in [1.807, 2.05) is 44.2 Å². The smallest absolute Gasteiger partial charge is 0.407 e. The van der Waals surface area contributed by atoms with E-state index in [9.17, 15) is 23.4 Å². The molecule has 5 rings (SSSR count). The topological polar surface area (TPSA) is 163 Å². The molecule has 0 saturated carbocycles. The van der Waals surface area contributed by atoms with Gasteiger partial charge >= 0.3 is 6.09 Å². The number of H-pyrrole nitrogens is 1. The van der Waals surface area contributed by atoms with Crippen LogP contribution in [0, 0.1) is 17.3 Å². The summed E-state index contributed by atoms with van der Waals surface area (Å²) in [4.78, 5) is 20.6. The lowest BCUT2D eigenvalue weighted by Gasteiger charge is -2.31. The predicted molar refractivity (Wildman–Crippen MR) is 187 cm³/mol. The second kappa shape index (κ2) is 15.6. The minimum Gasteiger partial charge on any atom is -0.494 e. The van der Waals surface area contributed by atoms with Gasteiger partial charge in [0, 0.05) is 36.8 Å². The van der Waals surface area contributed by atoms with Crippen LogP contribution in [0.2, 0.25) is 0 Å². The van der Waals surface area contributed by atoms with Gasteiger partial charge in [-0.1, -0.05) is 65.0 Å². The van der Waals surface area contributed by atoms with E-state index in [4.69, 9.17) is 14.2 Å². The Bertz CT molecular complexity index is 1700. The quantitative estimate of drug-likeness (QED) is 0.174. The summed E-state index contributed by atoms with van der Waals surface area (Å²) in [5.41, 5.74) is 1.93. The van der Waals surface area contributed by atoms with E-state index in [1.54, 1.807) is 12.3 Å². The number of nitrogens with zero attached hydrogens (tertiary/aromatic N) is 2. The number of sulfonamides is 1. The van der Waals surface area contributed by atoms with Crippen LogP contribution in [0.5, 0.6) is 5.88 Å². The summed E-state index contributed by atoms with van der Waals surface area (Å²) in [5.74, 6) is -0.216. The minimum atomic E-state index is -4.14. The molecule has 0 radical (unpaired) electrons. The SMILES string of the molecule is CC(C)CN(C[C@@H](O)[C@H](Cc1ccccc1)NC(=O)O[C@H]1COC2OCCC21)S(=O)(=O)c1ccc2[nH]c(O)c(C=NCCC(C)(C)C)c2c1. The third kappa shape index (κ3) is 9.40. The number of carbonyl (C=O) groups excluding carboxylic acids is 1. The molecular weight excluding hydrogens is 648 g/mol. The molecule has 2 aliphatic heterocycles. The predicted octanol–water partition coefficient (Wildman–Crippen LogP) is 4.84. The molecule has 1 aromatic heterocycles. The molecule has 268 valence electrons. The van der Waals surface area contributed by atoms with Crippen LogP contribution in [0.3, 0.4) is 0 Å². The molecule has 49 heavy (non-hydrogen) atoms. The van der Waals surface area contributed by atoms with Crippen LogP contribution in [-0.4, -0.2) is 97.6 Å². The van der Waals surface area contributed by atoms with E-state index in [1.165, 1.54) is 16.4 Å². The van der Waals surface area contributed by atoms with Crippen molar-refractivity contribution in [3.05, 3.63) is 59.7 Å². The molecular formula is C36H50N4O8S. The van der Waals surface area contributed by atoms with Crippen molar-refractivity contribution >= 4 is 33.2 Å². The Hall–Kier alpha value is -3.49. The number of aromatic hydroxyl groups is 1. The molecule has 12 nitrogen and oxygen atoms in total. The molecule has 3 aromatic rings. The number of fused-ring (bicyclic) bond motifs is 2. The van der Waals surface area contributed by atoms with E-state index >= 15 is 0 Å². The van der Waals surface area contributed by atoms with Gasteiger partial charge in [-0.25, -0.2) is 13.2 Å². The molecule has 0 bridgehead atoms. The highest BCUT2D eigenvalue weighted by Gasteiger charge is 2.44. The number of aromatic nitrogens is 1. The maximum atomic E-state index is 14.2. The number of hydrogen-bond acceptors (Lipinski definition) is 9. The summed E-state index contributed by atoms with van der Waals surface area (Å²) in [7, 11) is -4.14. The molecule has 13 heteroatoms. The fourth-order valence-electron chi connectivity index (χ4n) is 6.21. The number of ether oxygens (including phenoxy) is 3. The number of hydrogen-bond donors (Lipinski definition) is 4. The van der Waals surface area contributed by atoms with E-state index in [0.29, 0.717) is 29.6 Å². The lowest BCUT2D eigenvalue weighted by molar-refractivity contribution is -0.0907. The zero-order valence-electron chi connectivity index (χ0n) is 29.0. The highest BCUT2D eigenvalue weighted by molar-refractivity contribution is 7.89. The highest BCUT2D eigenvalue weighted by atomic mass is 32.2. The van der Waals surface area contributed by atoms with E-state index in [-0.39, 0.29) is 60.4 Å². The van der Waals surface area contributed by atoms with Crippen LogP contribution in [0.4, 0.5) is 4.79 Å². The molecule has 2 fully saturated rings. The Morgan fingerprint density at radius 1 is 1.16 bits per heavy atom. The highest BCUT2D eigenvalue weighted by Crippen LogP contribution is 2.33. The Balaban J connectivity index is 1.37. The van der Waals surface area contributed by atoms with Crippen molar-refractivity contribution in [2.24, 2.45) is 22.2 Å². The number of aliphatic hydroxyl groups excluding tert-OH is 1. The van der Waals surface area contributed by atoms with Crippen LogP contribution in [0.25, 0.3) is 10.9 Å². The van der Waals surface area contributed by atoms with Crippen molar-refractivity contribution < 1.29 is 37.6 Å². The lowest BCUT2D eigenvalue weighted by Crippen LogP contribution is -2.51. The van der Waals surface area contributed by atoms with E-state index in [2.05, 4.69) is 36.1 Å². The Morgan fingerprint density at radius 3 is 2.63 bits per heavy atom. The van der Waals surface area contributed by atoms with Gasteiger partial charge < -0.3 is 34.7 Å². The summed E-state index contributed by atoms with van der Waals surface area (Å²) in [6, 6.07) is 13.1. The fourth-order valence-corrected chi connectivity index (χ4v) is 7.86. The zero-order valence-corrected chi connectivity index (χ0v) is 29.8. The number of carbonyl (C=O) groups is 1. The van der Waals surface area contributed by atoms with Crippen LogP contribution in [-0.2, 0) is 30.7 Å². The summed E-state index contributed by atoms with van der Waals surface area (Å²) < 4.78 is 46.6. The van der Waals surface area contributed by atoms with Crippen molar-refractivity contribution in [1.29, 1.82) is 0 Å². The fraction of sp³-hybridized carbons (Fsp3) is 0.556. The van der Waals surface area contributed by atoms with Crippen LogP contribution >= 0.6 is 0 Å². The van der Waals surface area contributed by atoms with Gasteiger partial charge in [-0.05, 0) is 54.4 Å². The number of amides is 1. The van der Waals surface area contributed by atoms with E-state index in [0.717, 1.165) is 18.4 Å². The van der Waals surface area contributed by atoms with Gasteiger partial charge in [-0.3, -0.25) is 4.99 Å². The van der Waals surface area contributed by atoms with Crippen molar-refractivity contribution in [2.75, 3.05) is 32.8 Å². The largest absolute Gasteiger partial charge is 0.494 e. The van der Waals surface area contributed by atoms with Gasteiger partial charge in [0.25, 0.3) is 0 Å². The Morgan fingerprint density at radius 2 is 1.92 bits per heavy atom. The summed E-state index contributed by atoms with van der Waals surface area (Å²) in [6.07, 6.45) is 0.531. The van der Waals surface area contributed by atoms with Crippen molar-refractivity contribution in [1.82, 2.24) is 14.6 Å². The third-order valence-electron chi connectivity index (χ3n) is 8.91. The molecule has 1 amide bonds. The number of benzene rings is 2. The molecule has 0 aliphatic carbocycles.